The fourth-order valence-electron chi connectivity index (χ4n) is 2.98. The van der Waals surface area contributed by atoms with Crippen LogP contribution in [0.5, 0.6) is 0 Å². The van der Waals surface area contributed by atoms with Crippen molar-refractivity contribution in [2.45, 2.75) is 52.4 Å². The van der Waals surface area contributed by atoms with Gasteiger partial charge in [-0.1, -0.05) is 50.8 Å². The number of hydrogen-bond acceptors (Lipinski definition) is 1. The Labute approximate surface area is 106 Å². The van der Waals surface area contributed by atoms with Crippen LogP contribution in [0.2, 0.25) is 0 Å². The van der Waals surface area contributed by atoms with Crippen LogP contribution >= 0.6 is 0 Å². The molecule has 0 saturated heterocycles. The van der Waals surface area contributed by atoms with E-state index in [1.54, 1.807) is 0 Å². The lowest BCUT2D eigenvalue weighted by Gasteiger charge is -2.15. The molecule has 0 aromatic heterocycles. The van der Waals surface area contributed by atoms with Gasteiger partial charge in [-0.3, -0.25) is 0 Å². The van der Waals surface area contributed by atoms with E-state index < -0.39 is 0 Å². The molecule has 1 aliphatic carbocycles. The first-order chi connectivity index (χ1) is 8.31. The number of aryl methyl sites for hydroxylation is 2. The number of para-hydroxylation sites is 1. The summed E-state index contributed by atoms with van der Waals surface area (Å²) in [5, 5.41) is 3.66. The smallest absolute Gasteiger partial charge is 0.0402 e. The Bertz CT molecular complexity index is 351. The van der Waals surface area contributed by atoms with E-state index in [9.17, 15) is 0 Å². The van der Waals surface area contributed by atoms with Gasteiger partial charge in [-0.2, -0.15) is 0 Å². The van der Waals surface area contributed by atoms with Crippen molar-refractivity contribution in [3.8, 4) is 0 Å². The van der Waals surface area contributed by atoms with Gasteiger partial charge in [0.25, 0.3) is 0 Å². The molecule has 0 radical (unpaired) electrons. The fourth-order valence-corrected chi connectivity index (χ4v) is 2.98. The predicted octanol–water partition coefficient (Wildman–Crippen LogP) is 4.55. The molecule has 1 heteroatoms. The van der Waals surface area contributed by atoms with Crippen LogP contribution in [0.4, 0.5) is 5.69 Å². The van der Waals surface area contributed by atoms with E-state index in [1.165, 1.54) is 48.9 Å². The molecule has 0 unspecified atom stereocenters. The van der Waals surface area contributed by atoms with Crippen LogP contribution < -0.4 is 5.32 Å². The highest BCUT2D eigenvalue weighted by atomic mass is 14.9. The standard InChI is InChI=1S/C16H25N/c1-3-15-10-6-7-13(2)16(15)17-12-11-14-8-4-5-9-14/h6-7,10,14,17H,3-5,8-9,11-12H2,1-2H3. The summed E-state index contributed by atoms with van der Waals surface area (Å²) in [5.41, 5.74) is 4.22. The van der Waals surface area contributed by atoms with Gasteiger partial charge in [0.05, 0.1) is 0 Å². The molecule has 0 bridgehead atoms. The van der Waals surface area contributed by atoms with Crippen molar-refractivity contribution in [2.75, 3.05) is 11.9 Å². The fraction of sp³-hybridized carbons (Fsp3) is 0.625. The molecule has 1 saturated carbocycles. The minimum absolute atomic E-state index is 0.983. The quantitative estimate of drug-likeness (QED) is 0.784. The monoisotopic (exact) mass is 231 g/mol. The summed E-state index contributed by atoms with van der Waals surface area (Å²) < 4.78 is 0. The number of benzene rings is 1. The third-order valence-corrected chi connectivity index (χ3v) is 4.07. The lowest BCUT2D eigenvalue weighted by molar-refractivity contribution is 0.518. The first kappa shape index (κ1) is 12.5. The van der Waals surface area contributed by atoms with Gasteiger partial charge in [-0.15, -0.1) is 0 Å². The minimum atomic E-state index is 0.983. The summed E-state index contributed by atoms with van der Waals surface area (Å²) in [6, 6.07) is 6.61. The predicted molar refractivity (Wildman–Crippen MR) is 75.6 cm³/mol. The molecule has 1 fully saturated rings. The molecule has 94 valence electrons. The topological polar surface area (TPSA) is 12.0 Å². The van der Waals surface area contributed by atoms with E-state index in [2.05, 4.69) is 37.4 Å². The van der Waals surface area contributed by atoms with E-state index >= 15 is 0 Å². The lowest BCUT2D eigenvalue weighted by atomic mass is 10.0. The molecule has 0 amide bonds. The molecule has 1 aliphatic rings. The number of anilines is 1. The van der Waals surface area contributed by atoms with Crippen molar-refractivity contribution >= 4 is 5.69 Å². The summed E-state index contributed by atoms with van der Waals surface area (Å²) >= 11 is 0. The molecular formula is C16H25N. The molecule has 0 spiro atoms. The lowest BCUT2D eigenvalue weighted by Crippen LogP contribution is -2.09. The molecule has 1 aromatic rings. The van der Waals surface area contributed by atoms with Gasteiger partial charge in [-0.05, 0) is 36.8 Å². The average Bonchev–Trinajstić information content (AvgIpc) is 2.84. The highest BCUT2D eigenvalue weighted by Gasteiger charge is 2.14. The van der Waals surface area contributed by atoms with Crippen LogP contribution in [-0.2, 0) is 6.42 Å². The van der Waals surface area contributed by atoms with Gasteiger partial charge in [-0.25, -0.2) is 0 Å². The van der Waals surface area contributed by atoms with Gasteiger partial charge >= 0.3 is 0 Å². The maximum Gasteiger partial charge on any atom is 0.0402 e. The molecular weight excluding hydrogens is 206 g/mol. The Morgan fingerprint density at radius 2 is 2.00 bits per heavy atom. The zero-order valence-electron chi connectivity index (χ0n) is 11.3. The first-order valence-electron chi connectivity index (χ1n) is 7.13. The van der Waals surface area contributed by atoms with E-state index in [0.29, 0.717) is 0 Å². The second kappa shape index (κ2) is 6.09. The number of nitrogens with one attached hydrogen (secondary N) is 1. The van der Waals surface area contributed by atoms with Crippen molar-refractivity contribution in [3.05, 3.63) is 29.3 Å². The minimum Gasteiger partial charge on any atom is -0.385 e. The van der Waals surface area contributed by atoms with Gasteiger partial charge in [0.1, 0.15) is 0 Å². The zero-order chi connectivity index (χ0) is 12.1. The van der Waals surface area contributed by atoms with Crippen LogP contribution in [0, 0.1) is 12.8 Å². The average molecular weight is 231 g/mol. The first-order valence-corrected chi connectivity index (χ1v) is 7.13. The normalized spacial score (nSPS) is 16.4. The summed E-state index contributed by atoms with van der Waals surface area (Å²) in [5.74, 6) is 0.983. The third-order valence-electron chi connectivity index (χ3n) is 4.07. The summed E-state index contributed by atoms with van der Waals surface area (Å²) in [7, 11) is 0. The molecule has 0 atom stereocenters. The van der Waals surface area contributed by atoms with Crippen LogP contribution in [0.3, 0.4) is 0 Å². The highest BCUT2D eigenvalue weighted by molar-refractivity contribution is 5.57. The summed E-state index contributed by atoms with van der Waals surface area (Å²) in [4.78, 5) is 0. The number of hydrogen-bond donors (Lipinski definition) is 1. The summed E-state index contributed by atoms with van der Waals surface area (Å²) in [6.07, 6.45) is 8.28. The van der Waals surface area contributed by atoms with Crippen molar-refractivity contribution in [3.63, 3.8) is 0 Å². The molecule has 0 aliphatic heterocycles. The van der Waals surface area contributed by atoms with Gasteiger partial charge in [0.2, 0.25) is 0 Å². The van der Waals surface area contributed by atoms with Crippen LogP contribution in [0.1, 0.15) is 50.2 Å². The Balaban J connectivity index is 1.89. The van der Waals surface area contributed by atoms with Gasteiger partial charge < -0.3 is 5.32 Å². The van der Waals surface area contributed by atoms with Crippen molar-refractivity contribution in [1.29, 1.82) is 0 Å². The van der Waals surface area contributed by atoms with Crippen LogP contribution in [0.15, 0.2) is 18.2 Å². The Morgan fingerprint density at radius 3 is 2.71 bits per heavy atom. The maximum atomic E-state index is 3.66. The van der Waals surface area contributed by atoms with Crippen molar-refractivity contribution in [1.82, 2.24) is 0 Å². The summed E-state index contributed by atoms with van der Waals surface area (Å²) in [6.45, 7) is 5.58. The van der Waals surface area contributed by atoms with Gasteiger partial charge in [0.15, 0.2) is 0 Å². The molecule has 0 heterocycles. The van der Waals surface area contributed by atoms with E-state index in [1.807, 2.05) is 0 Å². The Hall–Kier alpha value is -0.980. The maximum absolute atomic E-state index is 3.66. The van der Waals surface area contributed by atoms with E-state index in [4.69, 9.17) is 0 Å². The van der Waals surface area contributed by atoms with Crippen LogP contribution in [0.25, 0.3) is 0 Å². The Morgan fingerprint density at radius 1 is 1.24 bits per heavy atom. The van der Waals surface area contributed by atoms with Crippen molar-refractivity contribution in [2.24, 2.45) is 5.92 Å². The second-order valence-corrected chi connectivity index (χ2v) is 5.33. The second-order valence-electron chi connectivity index (χ2n) is 5.33. The molecule has 1 nitrogen and oxygen atoms in total. The number of rotatable bonds is 5. The van der Waals surface area contributed by atoms with E-state index in [-0.39, 0.29) is 0 Å². The largest absolute Gasteiger partial charge is 0.385 e. The molecule has 1 N–H and O–H groups in total. The molecule has 17 heavy (non-hydrogen) atoms. The van der Waals surface area contributed by atoms with Crippen LogP contribution in [-0.4, -0.2) is 6.54 Å². The van der Waals surface area contributed by atoms with Gasteiger partial charge in [0, 0.05) is 12.2 Å². The molecule has 1 aromatic carbocycles. The van der Waals surface area contributed by atoms with Crippen molar-refractivity contribution < 1.29 is 0 Å². The highest BCUT2D eigenvalue weighted by Crippen LogP contribution is 2.28. The Kier molecular flexibility index (Phi) is 4.47. The van der Waals surface area contributed by atoms with E-state index in [0.717, 1.165) is 18.9 Å². The SMILES string of the molecule is CCc1cccc(C)c1NCCC1CCCC1. The third kappa shape index (κ3) is 3.24. The molecule has 2 rings (SSSR count). The zero-order valence-corrected chi connectivity index (χ0v) is 11.3.